The maximum atomic E-state index is 10.8. The molecule has 0 radical (unpaired) electrons. The third-order valence-corrected chi connectivity index (χ3v) is 2.18. The van der Waals surface area contributed by atoms with E-state index >= 15 is 0 Å². The van der Waals surface area contributed by atoms with Gasteiger partial charge in [-0.3, -0.25) is 4.79 Å². The molecule has 3 N–H and O–H groups in total. The summed E-state index contributed by atoms with van der Waals surface area (Å²) in [5.41, 5.74) is 0.797. The number of nitrogens with one attached hydrogen (secondary N) is 1. The van der Waals surface area contributed by atoms with Gasteiger partial charge in [0.2, 0.25) is 5.91 Å². The lowest BCUT2D eigenvalue weighted by Crippen LogP contribution is -2.18. The number of hydrogen-bond donors (Lipinski definition) is 3. The normalized spacial score (nSPS) is 13.6. The standard InChI is InChI=1S/C11H13N3O3/c1-6-8(11(17)9(16)5-12)3-4-10(13-6)14-7(2)15/h3-4,9,11,16-17H,1-2H3,(H,13,14,15). The summed E-state index contributed by atoms with van der Waals surface area (Å²) >= 11 is 0. The predicted molar refractivity (Wildman–Crippen MR) is 59.9 cm³/mol. The molecule has 0 saturated carbocycles. The van der Waals surface area contributed by atoms with Crippen molar-refractivity contribution in [2.75, 3.05) is 5.32 Å². The molecule has 17 heavy (non-hydrogen) atoms. The number of pyridine rings is 1. The zero-order valence-corrected chi connectivity index (χ0v) is 9.51. The molecule has 0 aliphatic carbocycles. The minimum atomic E-state index is -1.50. The van der Waals surface area contributed by atoms with Crippen LogP contribution in [0.5, 0.6) is 0 Å². The molecule has 1 heterocycles. The number of aliphatic hydroxyl groups excluding tert-OH is 2. The van der Waals surface area contributed by atoms with Crippen molar-refractivity contribution in [2.24, 2.45) is 0 Å². The SMILES string of the molecule is CC(=O)Nc1ccc(C(O)C(O)C#N)c(C)n1. The van der Waals surface area contributed by atoms with Crippen molar-refractivity contribution in [1.82, 2.24) is 4.98 Å². The van der Waals surface area contributed by atoms with E-state index in [9.17, 15) is 15.0 Å². The predicted octanol–water partition coefficient (Wildman–Crippen LogP) is 0.266. The molecule has 6 nitrogen and oxygen atoms in total. The van der Waals surface area contributed by atoms with E-state index in [1.807, 2.05) is 0 Å². The number of carbonyl (C=O) groups is 1. The van der Waals surface area contributed by atoms with Crippen LogP contribution in [0.3, 0.4) is 0 Å². The average molecular weight is 235 g/mol. The van der Waals surface area contributed by atoms with Crippen molar-refractivity contribution in [3.8, 4) is 6.07 Å². The van der Waals surface area contributed by atoms with Crippen LogP contribution in [0.1, 0.15) is 24.3 Å². The van der Waals surface area contributed by atoms with Crippen LogP contribution >= 0.6 is 0 Å². The van der Waals surface area contributed by atoms with E-state index in [2.05, 4.69) is 10.3 Å². The molecule has 0 fully saturated rings. The highest BCUT2D eigenvalue weighted by Gasteiger charge is 2.20. The number of anilines is 1. The second kappa shape index (κ2) is 5.39. The second-order valence-corrected chi connectivity index (χ2v) is 3.57. The number of aryl methyl sites for hydroxylation is 1. The maximum Gasteiger partial charge on any atom is 0.222 e. The molecule has 90 valence electrons. The number of aliphatic hydroxyl groups is 2. The van der Waals surface area contributed by atoms with E-state index in [1.165, 1.54) is 19.1 Å². The molecular weight excluding hydrogens is 222 g/mol. The molecular formula is C11H13N3O3. The Balaban J connectivity index is 2.98. The molecule has 0 aliphatic rings. The van der Waals surface area contributed by atoms with Gasteiger partial charge in [-0.15, -0.1) is 0 Å². The van der Waals surface area contributed by atoms with Crippen molar-refractivity contribution in [2.45, 2.75) is 26.1 Å². The van der Waals surface area contributed by atoms with Crippen LogP contribution in [0.2, 0.25) is 0 Å². The molecule has 0 spiro atoms. The van der Waals surface area contributed by atoms with Crippen LogP contribution in [0.4, 0.5) is 5.82 Å². The smallest absolute Gasteiger partial charge is 0.222 e. The topological polar surface area (TPSA) is 106 Å². The van der Waals surface area contributed by atoms with Gasteiger partial charge in [-0.2, -0.15) is 5.26 Å². The first-order chi connectivity index (χ1) is 7.95. The summed E-state index contributed by atoms with van der Waals surface area (Å²) in [6.45, 7) is 2.98. The third-order valence-electron chi connectivity index (χ3n) is 2.18. The largest absolute Gasteiger partial charge is 0.384 e. The molecule has 0 aromatic carbocycles. The molecule has 1 amide bonds. The molecule has 2 atom stereocenters. The van der Waals surface area contributed by atoms with Gasteiger partial charge in [0.05, 0.1) is 6.07 Å². The summed E-state index contributed by atoms with van der Waals surface area (Å²) in [7, 11) is 0. The van der Waals surface area contributed by atoms with E-state index in [0.29, 0.717) is 17.1 Å². The number of aromatic nitrogens is 1. The lowest BCUT2D eigenvalue weighted by atomic mass is 10.0. The zero-order valence-electron chi connectivity index (χ0n) is 9.51. The van der Waals surface area contributed by atoms with Crippen LogP contribution in [-0.2, 0) is 4.79 Å². The Morgan fingerprint density at radius 3 is 2.65 bits per heavy atom. The van der Waals surface area contributed by atoms with E-state index in [-0.39, 0.29) is 5.91 Å². The monoisotopic (exact) mass is 235 g/mol. The first-order valence-electron chi connectivity index (χ1n) is 4.96. The molecule has 1 aromatic heterocycles. The first-order valence-corrected chi connectivity index (χ1v) is 4.96. The molecule has 2 unspecified atom stereocenters. The average Bonchev–Trinajstić information content (AvgIpc) is 2.26. The number of hydrogen-bond acceptors (Lipinski definition) is 5. The van der Waals surface area contributed by atoms with Gasteiger partial charge < -0.3 is 15.5 Å². The number of nitriles is 1. The number of carbonyl (C=O) groups excluding carboxylic acids is 1. The molecule has 0 saturated heterocycles. The lowest BCUT2D eigenvalue weighted by Gasteiger charge is -2.14. The highest BCUT2D eigenvalue weighted by atomic mass is 16.3. The van der Waals surface area contributed by atoms with Crippen molar-refractivity contribution < 1.29 is 15.0 Å². The molecule has 1 aromatic rings. The highest BCUT2D eigenvalue weighted by Crippen LogP contribution is 2.21. The fourth-order valence-electron chi connectivity index (χ4n) is 1.38. The fraction of sp³-hybridized carbons (Fsp3) is 0.364. The second-order valence-electron chi connectivity index (χ2n) is 3.57. The van der Waals surface area contributed by atoms with Gasteiger partial charge in [-0.1, -0.05) is 6.07 Å². The van der Waals surface area contributed by atoms with Crippen LogP contribution in [0.25, 0.3) is 0 Å². The Hall–Kier alpha value is -1.97. The van der Waals surface area contributed by atoms with Gasteiger partial charge in [-0.05, 0) is 13.0 Å². The Morgan fingerprint density at radius 1 is 1.53 bits per heavy atom. The Kier molecular flexibility index (Phi) is 4.15. The zero-order chi connectivity index (χ0) is 13.0. The van der Waals surface area contributed by atoms with E-state index in [1.54, 1.807) is 13.0 Å². The lowest BCUT2D eigenvalue weighted by molar-refractivity contribution is -0.114. The van der Waals surface area contributed by atoms with Gasteiger partial charge in [0.1, 0.15) is 11.9 Å². The Morgan fingerprint density at radius 2 is 2.18 bits per heavy atom. The van der Waals surface area contributed by atoms with Crippen LogP contribution in [0.15, 0.2) is 12.1 Å². The summed E-state index contributed by atoms with van der Waals surface area (Å²) in [5, 5.41) is 29.8. The van der Waals surface area contributed by atoms with E-state index < -0.39 is 12.2 Å². The minimum Gasteiger partial charge on any atom is -0.384 e. The summed E-state index contributed by atoms with van der Waals surface area (Å²) in [6.07, 6.45) is -2.80. The van der Waals surface area contributed by atoms with Crippen LogP contribution < -0.4 is 5.32 Å². The van der Waals surface area contributed by atoms with Gasteiger partial charge in [0.15, 0.2) is 6.10 Å². The van der Waals surface area contributed by atoms with Crippen molar-refractivity contribution >= 4 is 11.7 Å². The number of rotatable bonds is 3. The molecule has 6 heteroatoms. The van der Waals surface area contributed by atoms with E-state index in [4.69, 9.17) is 5.26 Å². The summed E-state index contributed by atoms with van der Waals surface area (Å²) < 4.78 is 0. The van der Waals surface area contributed by atoms with Gasteiger partial charge in [-0.25, -0.2) is 4.98 Å². The third kappa shape index (κ3) is 3.24. The highest BCUT2D eigenvalue weighted by molar-refractivity contribution is 5.87. The number of nitrogens with zero attached hydrogens (tertiary/aromatic N) is 2. The van der Waals surface area contributed by atoms with E-state index in [0.717, 1.165) is 0 Å². The quantitative estimate of drug-likeness (QED) is 0.652. The molecule has 0 bridgehead atoms. The minimum absolute atomic E-state index is 0.248. The van der Waals surface area contributed by atoms with Gasteiger partial charge in [0, 0.05) is 18.2 Å². The van der Waals surface area contributed by atoms with Gasteiger partial charge in [0.25, 0.3) is 0 Å². The van der Waals surface area contributed by atoms with Crippen molar-refractivity contribution in [3.63, 3.8) is 0 Å². The first kappa shape index (κ1) is 13.1. The fourth-order valence-corrected chi connectivity index (χ4v) is 1.38. The van der Waals surface area contributed by atoms with Crippen LogP contribution in [0, 0.1) is 18.3 Å². The Bertz CT molecular complexity index is 468. The van der Waals surface area contributed by atoms with Crippen LogP contribution in [-0.4, -0.2) is 27.2 Å². The molecule has 0 aliphatic heterocycles. The molecule has 1 rings (SSSR count). The summed E-state index contributed by atoms with van der Waals surface area (Å²) in [5.74, 6) is 0.111. The van der Waals surface area contributed by atoms with Gasteiger partial charge >= 0.3 is 0 Å². The number of amides is 1. The summed E-state index contributed by atoms with van der Waals surface area (Å²) in [4.78, 5) is 14.9. The maximum absolute atomic E-state index is 10.8. The summed E-state index contributed by atoms with van der Waals surface area (Å²) in [6, 6.07) is 4.56. The Labute approximate surface area is 98.5 Å². The van der Waals surface area contributed by atoms with Crippen molar-refractivity contribution in [3.05, 3.63) is 23.4 Å². The van der Waals surface area contributed by atoms with Crippen molar-refractivity contribution in [1.29, 1.82) is 5.26 Å².